The first-order valence-electron chi connectivity index (χ1n) is 8.73. The average molecular weight is 387 g/mol. The highest BCUT2D eigenvalue weighted by atomic mass is 16.6. The third-order valence-electron chi connectivity index (χ3n) is 4.36. The minimum atomic E-state index is -0.536. The molecule has 29 heavy (non-hydrogen) atoms. The summed E-state index contributed by atoms with van der Waals surface area (Å²) in [5.74, 6) is 0.278. The molecule has 0 aliphatic rings. The Bertz CT molecular complexity index is 1170. The number of carbonyl (C=O) groups excluding carboxylic acids is 1. The van der Waals surface area contributed by atoms with Crippen LogP contribution < -0.4 is 5.32 Å². The summed E-state index contributed by atoms with van der Waals surface area (Å²) in [5, 5.41) is 23.0. The maximum absolute atomic E-state index is 12.4. The van der Waals surface area contributed by atoms with Crippen LogP contribution in [-0.2, 0) is 4.79 Å². The number of hydrogen-bond donors (Lipinski definition) is 1. The highest BCUT2D eigenvalue weighted by Crippen LogP contribution is 2.29. The molecule has 1 aromatic heterocycles. The first-order chi connectivity index (χ1) is 13.9. The van der Waals surface area contributed by atoms with Crippen molar-refractivity contribution in [2.24, 2.45) is 0 Å². The van der Waals surface area contributed by atoms with Crippen LogP contribution in [0.3, 0.4) is 0 Å². The van der Waals surface area contributed by atoms with E-state index in [1.165, 1.54) is 18.2 Å². The number of para-hydroxylation sites is 1. The number of rotatable bonds is 5. The molecule has 7 heteroatoms. The Balaban J connectivity index is 1.84. The van der Waals surface area contributed by atoms with Crippen LogP contribution in [0.15, 0.2) is 64.6 Å². The predicted octanol–water partition coefficient (Wildman–Crippen LogP) is 5.02. The molecule has 0 saturated heterocycles. The van der Waals surface area contributed by atoms with Gasteiger partial charge in [0.2, 0.25) is 0 Å². The molecule has 0 unspecified atom stereocenters. The van der Waals surface area contributed by atoms with E-state index in [-0.39, 0.29) is 11.3 Å². The molecule has 1 heterocycles. The molecule has 1 N–H and O–H groups in total. The molecule has 0 atom stereocenters. The highest BCUT2D eigenvalue weighted by molar-refractivity contribution is 6.09. The topological polar surface area (TPSA) is 109 Å². The van der Waals surface area contributed by atoms with Gasteiger partial charge in [0.15, 0.2) is 0 Å². The zero-order chi connectivity index (χ0) is 21.0. The van der Waals surface area contributed by atoms with Gasteiger partial charge in [-0.3, -0.25) is 14.9 Å². The second kappa shape index (κ2) is 8.23. The summed E-state index contributed by atoms with van der Waals surface area (Å²) in [6.45, 7) is 3.60. The van der Waals surface area contributed by atoms with Crippen molar-refractivity contribution in [1.82, 2.24) is 0 Å². The van der Waals surface area contributed by atoms with E-state index < -0.39 is 10.8 Å². The van der Waals surface area contributed by atoms with Gasteiger partial charge in [-0.1, -0.05) is 18.2 Å². The summed E-state index contributed by atoms with van der Waals surface area (Å²) < 4.78 is 5.73. The van der Waals surface area contributed by atoms with Gasteiger partial charge in [0, 0.05) is 29.5 Å². The summed E-state index contributed by atoms with van der Waals surface area (Å²) in [4.78, 5) is 22.8. The maximum Gasteiger partial charge on any atom is 0.269 e. The fourth-order valence-electron chi connectivity index (χ4n) is 2.81. The Labute approximate surface area is 167 Å². The highest BCUT2D eigenvalue weighted by Gasteiger charge is 2.14. The number of nitrogens with one attached hydrogen (secondary N) is 1. The van der Waals surface area contributed by atoms with Crippen molar-refractivity contribution < 1.29 is 14.1 Å². The van der Waals surface area contributed by atoms with E-state index in [2.05, 4.69) is 5.32 Å². The number of non-ortho nitro benzene ring substituents is 1. The lowest BCUT2D eigenvalue weighted by Gasteiger charge is -2.06. The van der Waals surface area contributed by atoms with Crippen LogP contribution >= 0.6 is 0 Å². The van der Waals surface area contributed by atoms with Crippen molar-refractivity contribution in [2.45, 2.75) is 13.8 Å². The van der Waals surface area contributed by atoms with Crippen molar-refractivity contribution >= 4 is 23.4 Å². The number of amides is 1. The van der Waals surface area contributed by atoms with E-state index >= 15 is 0 Å². The van der Waals surface area contributed by atoms with Crippen LogP contribution in [0, 0.1) is 35.3 Å². The van der Waals surface area contributed by atoms with Crippen molar-refractivity contribution in [3.8, 4) is 17.4 Å². The van der Waals surface area contributed by atoms with Gasteiger partial charge in [0.05, 0.1) is 4.92 Å². The molecular weight excluding hydrogens is 370 g/mol. The molecule has 0 aliphatic carbocycles. The molecular formula is C22H17N3O4. The van der Waals surface area contributed by atoms with Crippen LogP contribution in [0.5, 0.6) is 0 Å². The number of nitro groups is 1. The average Bonchev–Trinajstić information content (AvgIpc) is 3.16. The second-order valence-electron chi connectivity index (χ2n) is 6.40. The Morgan fingerprint density at radius 1 is 1.14 bits per heavy atom. The molecule has 144 valence electrons. The lowest BCUT2D eigenvalue weighted by atomic mass is 10.1. The fourth-order valence-corrected chi connectivity index (χ4v) is 2.81. The summed E-state index contributed by atoms with van der Waals surface area (Å²) in [6, 6.07) is 16.9. The Hall–Kier alpha value is -4.18. The lowest BCUT2D eigenvalue weighted by Crippen LogP contribution is -2.14. The molecule has 0 aliphatic heterocycles. The summed E-state index contributed by atoms with van der Waals surface area (Å²) >= 11 is 0. The molecule has 7 nitrogen and oxygen atoms in total. The SMILES string of the molecule is Cc1ccccc1NC(=O)/C(C#N)=C/c1ccc(-c2ccc([N+](=O)[O-])cc2C)o1. The van der Waals surface area contributed by atoms with Gasteiger partial charge in [0.1, 0.15) is 23.2 Å². The van der Waals surface area contributed by atoms with Crippen LogP contribution in [-0.4, -0.2) is 10.8 Å². The summed E-state index contributed by atoms with van der Waals surface area (Å²) in [6.07, 6.45) is 1.36. The normalized spacial score (nSPS) is 11.0. The minimum absolute atomic E-state index is 0.00225. The fraction of sp³-hybridized carbons (Fsp3) is 0.0909. The molecule has 0 fully saturated rings. The first kappa shape index (κ1) is 19.6. The number of benzene rings is 2. The van der Waals surface area contributed by atoms with Gasteiger partial charge in [0.25, 0.3) is 11.6 Å². The Morgan fingerprint density at radius 3 is 2.55 bits per heavy atom. The minimum Gasteiger partial charge on any atom is -0.457 e. The van der Waals surface area contributed by atoms with Gasteiger partial charge in [-0.15, -0.1) is 0 Å². The van der Waals surface area contributed by atoms with Gasteiger partial charge in [-0.2, -0.15) is 5.26 Å². The van der Waals surface area contributed by atoms with Crippen molar-refractivity contribution in [1.29, 1.82) is 5.26 Å². The van der Waals surface area contributed by atoms with Crippen molar-refractivity contribution in [3.05, 3.63) is 87.2 Å². The quantitative estimate of drug-likeness (QED) is 0.286. The monoisotopic (exact) mass is 387 g/mol. The number of nitrogens with zero attached hydrogens (tertiary/aromatic N) is 2. The molecule has 1 amide bonds. The van der Waals surface area contributed by atoms with Crippen LogP contribution in [0.4, 0.5) is 11.4 Å². The molecule has 0 spiro atoms. The van der Waals surface area contributed by atoms with E-state index in [1.54, 1.807) is 37.3 Å². The van der Waals surface area contributed by atoms with E-state index in [0.29, 0.717) is 28.3 Å². The molecule has 2 aromatic carbocycles. The zero-order valence-electron chi connectivity index (χ0n) is 15.8. The second-order valence-corrected chi connectivity index (χ2v) is 6.40. The number of anilines is 1. The number of nitriles is 1. The number of carbonyl (C=O) groups is 1. The van der Waals surface area contributed by atoms with Crippen LogP contribution in [0.1, 0.15) is 16.9 Å². The molecule has 3 rings (SSSR count). The third kappa shape index (κ3) is 4.39. The Morgan fingerprint density at radius 2 is 1.90 bits per heavy atom. The number of nitro benzene ring substituents is 1. The van der Waals surface area contributed by atoms with Crippen molar-refractivity contribution in [2.75, 3.05) is 5.32 Å². The van der Waals surface area contributed by atoms with Gasteiger partial charge in [-0.25, -0.2) is 0 Å². The molecule has 3 aromatic rings. The van der Waals surface area contributed by atoms with Gasteiger partial charge >= 0.3 is 0 Å². The number of hydrogen-bond acceptors (Lipinski definition) is 5. The van der Waals surface area contributed by atoms with Gasteiger partial charge in [-0.05, 0) is 49.2 Å². The molecule has 0 radical (unpaired) electrons. The van der Waals surface area contributed by atoms with Gasteiger partial charge < -0.3 is 9.73 Å². The maximum atomic E-state index is 12.4. The lowest BCUT2D eigenvalue weighted by molar-refractivity contribution is -0.384. The predicted molar refractivity (Wildman–Crippen MR) is 109 cm³/mol. The van der Waals surface area contributed by atoms with Crippen LogP contribution in [0.2, 0.25) is 0 Å². The standard InChI is InChI=1S/C22H17N3O4/c1-14-5-3-4-6-20(14)24-22(26)16(13-23)12-18-8-10-21(29-18)19-9-7-17(25(27)28)11-15(19)2/h3-12H,1-2H3,(H,24,26)/b16-12+. The first-order valence-corrected chi connectivity index (χ1v) is 8.73. The van der Waals surface area contributed by atoms with E-state index in [9.17, 15) is 20.2 Å². The van der Waals surface area contributed by atoms with E-state index in [1.807, 2.05) is 25.1 Å². The number of aryl methyl sites for hydroxylation is 2. The van der Waals surface area contributed by atoms with Crippen LogP contribution in [0.25, 0.3) is 17.4 Å². The largest absolute Gasteiger partial charge is 0.457 e. The van der Waals surface area contributed by atoms with E-state index in [0.717, 1.165) is 5.56 Å². The summed E-state index contributed by atoms with van der Waals surface area (Å²) in [5.41, 5.74) is 2.78. The summed E-state index contributed by atoms with van der Waals surface area (Å²) in [7, 11) is 0. The molecule has 0 saturated carbocycles. The smallest absolute Gasteiger partial charge is 0.269 e. The van der Waals surface area contributed by atoms with Crippen molar-refractivity contribution in [3.63, 3.8) is 0 Å². The number of furan rings is 1. The Kier molecular flexibility index (Phi) is 5.56. The molecule has 0 bridgehead atoms. The van der Waals surface area contributed by atoms with E-state index in [4.69, 9.17) is 4.42 Å². The third-order valence-corrected chi connectivity index (χ3v) is 4.36. The zero-order valence-corrected chi connectivity index (χ0v) is 15.8.